The third kappa shape index (κ3) is 2.75. The van der Waals surface area contributed by atoms with Crippen LogP contribution in [0.25, 0.3) is 11.3 Å². The number of aromatic nitrogens is 1. The third-order valence-electron chi connectivity index (χ3n) is 4.56. The first-order chi connectivity index (χ1) is 12.0. The van der Waals surface area contributed by atoms with E-state index in [1.54, 1.807) is 12.2 Å². The number of aryl methyl sites for hydroxylation is 1. The number of nitrogens with zero attached hydrogens (tertiary/aromatic N) is 1. The third-order valence-corrected chi connectivity index (χ3v) is 5.45. The molecule has 0 unspecified atom stereocenters. The van der Waals surface area contributed by atoms with Gasteiger partial charge in [-0.3, -0.25) is 9.59 Å². The van der Waals surface area contributed by atoms with Crippen LogP contribution in [0.1, 0.15) is 4.88 Å². The van der Waals surface area contributed by atoms with Crippen LogP contribution in [-0.2, 0) is 14.3 Å². The minimum Gasteiger partial charge on any atom is -0.481 e. The lowest BCUT2D eigenvalue weighted by Crippen LogP contribution is -2.39. The second kappa shape index (κ2) is 6.09. The number of fused-ring (bicyclic) bond motifs is 2. The summed E-state index contributed by atoms with van der Waals surface area (Å²) in [4.78, 5) is 29.6. The van der Waals surface area contributed by atoms with Gasteiger partial charge < -0.3 is 15.2 Å². The molecule has 1 amide bonds. The molecule has 1 aromatic heterocycles. The fourth-order valence-electron chi connectivity index (χ4n) is 3.42. The van der Waals surface area contributed by atoms with Gasteiger partial charge >= 0.3 is 5.97 Å². The van der Waals surface area contributed by atoms with E-state index < -0.39 is 30.0 Å². The Hall–Kier alpha value is -2.51. The van der Waals surface area contributed by atoms with Gasteiger partial charge in [0, 0.05) is 10.4 Å². The largest absolute Gasteiger partial charge is 0.481 e. The van der Waals surface area contributed by atoms with E-state index in [0.29, 0.717) is 5.13 Å². The highest BCUT2D eigenvalue weighted by Gasteiger charge is 2.53. The van der Waals surface area contributed by atoms with Crippen molar-refractivity contribution in [3.8, 4) is 11.3 Å². The van der Waals surface area contributed by atoms with Gasteiger partial charge in [0.2, 0.25) is 5.91 Å². The van der Waals surface area contributed by atoms with E-state index in [2.05, 4.69) is 10.3 Å². The Morgan fingerprint density at radius 3 is 2.52 bits per heavy atom. The lowest BCUT2D eigenvalue weighted by Gasteiger charge is -2.20. The summed E-state index contributed by atoms with van der Waals surface area (Å²) in [5, 5.41) is 12.7. The Balaban J connectivity index is 1.56. The summed E-state index contributed by atoms with van der Waals surface area (Å²) in [7, 11) is 0. The number of carbonyl (C=O) groups is 2. The number of aliphatic carboxylic acids is 1. The Kier molecular flexibility index (Phi) is 3.89. The van der Waals surface area contributed by atoms with Gasteiger partial charge in [0.05, 0.1) is 23.8 Å². The minimum atomic E-state index is -1.02. The molecule has 128 valence electrons. The molecule has 2 N–H and O–H groups in total. The predicted molar refractivity (Wildman–Crippen MR) is 93.3 cm³/mol. The van der Waals surface area contributed by atoms with Crippen molar-refractivity contribution in [3.05, 3.63) is 47.4 Å². The first-order valence-electron chi connectivity index (χ1n) is 7.95. The van der Waals surface area contributed by atoms with Gasteiger partial charge in [-0.25, -0.2) is 4.98 Å². The number of carbonyl (C=O) groups excluding carboxylic acids is 1. The average Bonchev–Trinajstić information content (AvgIpc) is 3.29. The molecule has 1 fully saturated rings. The van der Waals surface area contributed by atoms with Gasteiger partial charge in [0.15, 0.2) is 5.13 Å². The van der Waals surface area contributed by atoms with Crippen molar-refractivity contribution in [2.75, 3.05) is 5.32 Å². The summed E-state index contributed by atoms with van der Waals surface area (Å²) in [5.41, 5.74) is 1.80. The number of rotatable bonds is 4. The summed E-state index contributed by atoms with van der Waals surface area (Å²) in [6, 6.07) is 9.72. The molecule has 4 rings (SSSR count). The Labute approximate surface area is 148 Å². The monoisotopic (exact) mass is 356 g/mol. The van der Waals surface area contributed by atoms with Crippen LogP contribution in [0.4, 0.5) is 5.13 Å². The van der Waals surface area contributed by atoms with Crippen molar-refractivity contribution in [1.29, 1.82) is 0 Å². The zero-order valence-electron chi connectivity index (χ0n) is 13.4. The first kappa shape index (κ1) is 16.0. The van der Waals surface area contributed by atoms with Crippen LogP contribution < -0.4 is 5.32 Å². The highest BCUT2D eigenvalue weighted by molar-refractivity contribution is 7.16. The number of carboxylic acids is 1. The Morgan fingerprint density at radius 1 is 1.16 bits per heavy atom. The maximum Gasteiger partial charge on any atom is 0.310 e. The molecular formula is C18H16N2O4S. The predicted octanol–water partition coefficient (Wildman–Crippen LogP) is 2.71. The summed E-state index contributed by atoms with van der Waals surface area (Å²) < 4.78 is 5.55. The summed E-state index contributed by atoms with van der Waals surface area (Å²) in [5.74, 6) is -2.98. The molecule has 1 aromatic carbocycles. The van der Waals surface area contributed by atoms with Crippen LogP contribution in [0.5, 0.6) is 0 Å². The van der Waals surface area contributed by atoms with E-state index in [-0.39, 0.29) is 5.91 Å². The Morgan fingerprint density at radius 2 is 1.84 bits per heavy atom. The maximum absolute atomic E-state index is 12.7. The maximum atomic E-state index is 12.7. The highest BCUT2D eigenvalue weighted by atomic mass is 32.1. The molecule has 2 aromatic rings. The van der Waals surface area contributed by atoms with E-state index in [1.165, 1.54) is 11.3 Å². The van der Waals surface area contributed by atoms with Crippen molar-refractivity contribution in [2.24, 2.45) is 11.8 Å². The normalized spacial score (nSPS) is 26.8. The van der Waals surface area contributed by atoms with Crippen LogP contribution in [0.3, 0.4) is 0 Å². The molecule has 25 heavy (non-hydrogen) atoms. The smallest absolute Gasteiger partial charge is 0.310 e. The number of thiazole rings is 1. The van der Waals surface area contributed by atoms with E-state index in [4.69, 9.17) is 4.74 Å². The number of benzene rings is 1. The van der Waals surface area contributed by atoms with Gasteiger partial charge in [0.25, 0.3) is 0 Å². The lowest BCUT2D eigenvalue weighted by molar-refractivity contribution is -0.145. The van der Waals surface area contributed by atoms with Crippen LogP contribution in [-0.4, -0.2) is 34.2 Å². The zero-order valence-corrected chi connectivity index (χ0v) is 14.2. The number of hydrogen-bond donors (Lipinski definition) is 2. The molecule has 4 atom stereocenters. The topological polar surface area (TPSA) is 88.5 Å². The fourth-order valence-corrected chi connectivity index (χ4v) is 4.26. The highest BCUT2D eigenvalue weighted by Crippen LogP contribution is 2.40. The first-order valence-corrected chi connectivity index (χ1v) is 8.76. The SMILES string of the molecule is Cc1sc(NC(=O)[C@H]2[C@H](C(=O)O)[C@@H]3C=C[C@H]2O3)nc1-c1ccccc1. The number of amides is 1. The van der Waals surface area contributed by atoms with Gasteiger partial charge in [-0.1, -0.05) is 42.5 Å². The average molecular weight is 356 g/mol. The summed E-state index contributed by atoms with van der Waals surface area (Å²) in [6.07, 6.45) is 2.46. The van der Waals surface area contributed by atoms with Crippen LogP contribution in [0.15, 0.2) is 42.5 Å². The number of carboxylic acid groups (broad SMARTS) is 1. The number of ether oxygens (including phenoxy) is 1. The zero-order chi connectivity index (χ0) is 17.6. The molecule has 1 saturated heterocycles. The van der Waals surface area contributed by atoms with E-state index in [1.807, 2.05) is 37.3 Å². The summed E-state index contributed by atoms with van der Waals surface area (Å²) >= 11 is 1.38. The number of anilines is 1. The summed E-state index contributed by atoms with van der Waals surface area (Å²) in [6.45, 7) is 1.94. The van der Waals surface area contributed by atoms with E-state index in [0.717, 1.165) is 16.1 Å². The van der Waals surface area contributed by atoms with E-state index >= 15 is 0 Å². The van der Waals surface area contributed by atoms with Gasteiger partial charge in [-0.05, 0) is 6.92 Å². The molecule has 3 heterocycles. The molecule has 0 saturated carbocycles. The molecule has 2 aliphatic heterocycles. The molecule has 2 bridgehead atoms. The van der Waals surface area contributed by atoms with Crippen molar-refractivity contribution >= 4 is 28.3 Å². The second-order valence-electron chi connectivity index (χ2n) is 6.12. The van der Waals surface area contributed by atoms with Crippen molar-refractivity contribution in [3.63, 3.8) is 0 Å². The number of hydrogen-bond acceptors (Lipinski definition) is 5. The Bertz CT molecular complexity index is 861. The van der Waals surface area contributed by atoms with Crippen molar-refractivity contribution < 1.29 is 19.4 Å². The van der Waals surface area contributed by atoms with Gasteiger partial charge in [-0.15, -0.1) is 11.3 Å². The molecule has 0 aliphatic carbocycles. The molecular weight excluding hydrogens is 340 g/mol. The van der Waals surface area contributed by atoms with Gasteiger partial charge in [0.1, 0.15) is 5.92 Å². The second-order valence-corrected chi connectivity index (χ2v) is 7.32. The van der Waals surface area contributed by atoms with Crippen molar-refractivity contribution in [2.45, 2.75) is 19.1 Å². The molecule has 0 radical (unpaired) electrons. The van der Waals surface area contributed by atoms with Crippen LogP contribution in [0.2, 0.25) is 0 Å². The fraction of sp³-hybridized carbons (Fsp3) is 0.278. The van der Waals surface area contributed by atoms with Crippen molar-refractivity contribution in [1.82, 2.24) is 4.98 Å². The van der Waals surface area contributed by atoms with Crippen LogP contribution >= 0.6 is 11.3 Å². The standard InChI is InChI=1S/C18H16N2O4S/c1-9-15(10-5-3-2-4-6-10)19-18(25-9)20-16(21)13-11-7-8-12(24-11)14(13)17(22)23/h2-8,11-14H,1H3,(H,22,23)(H,19,20,21)/t11-,12+,13-,14-/m1/s1. The van der Waals surface area contributed by atoms with Gasteiger partial charge in [-0.2, -0.15) is 0 Å². The minimum absolute atomic E-state index is 0.363. The molecule has 7 heteroatoms. The van der Waals surface area contributed by atoms with Crippen LogP contribution in [0, 0.1) is 18.8 Å². The lowest BCUT2D eigenvalue weighted by atomic mass is 9.82. The molecule has 0 spiro atoms. The molecule has 6 nitrogen and oxygen atoms in total. The molecule has 2 aliphatic rings. The van der Waals surface area contributed by atoms with E-state index in [9.17, 15) is 14.7 Å². The number of nitrogens with one attached hydrogen (secondary N) is 1. The quantitative estimate of drug-likeness (QED) is 0.823.